The molecule has 0 atom stereocenters. The molecule has 0 saturated carbocycles. The molecule has 0 fully saturated rings. The first kappa shape index (κ1) is 8.32. The molecule has 0 spiro atoms. The van der Waals surface area contributed by atoms with E-state index in [1.807, 2.05) is 0 Å². The van der Waals surface area contributed by atoms with Crippen molar-refractivity contribution in [2.45, 2.75) is 13.3 Å². The standard InChI is InChI=1S/C6H7ClO2/c1-2-5-9-6(8)3-4-7/h3-4H2,1H3. The second-order valence-electron chi connectivity index (χ2n) is 1.27. The van der Waals surface area contributed by atoms with E-state index in [-0.39, 0.29) is 18.3 Å². The van der Waals surface area contributed by atoms with Crippen molar-refractivity contribution in [2.75, 3.05) is 5.88 Å². The van der Waals surface area contributed by atoms with E-state index in [1.165, 1.54) is 0 Å². The molecule has 0 aliphatic heterocycles. The van der Waals surface area contributed by atoms with Crippen molar-refractivity contribution < 1.29 is 9.53 Å². The molecule has 50 valence electrons. The van der Waals surface area contributed by atoms with Crippen LogP contribution < -0.4 is 0 Å². The summed E-state index contributed by atoms with van der Waals surface area (Å²) in [4.78, 5) is 10.4. The van der Waals surface area contributed by atoms with Crippen LogP contribution in [0.5, 0.6) is 0 Å². The fourth-order valence-corrected chi connectivity index (χ4v) is 0.390. The van der Waals surface area contributed by atoms with E-state index in [1.54, 1.807) is 6.92 Å². The Labute approximate surface area is 59.1 Å². The Balaban J connectivity index is 3.35. The van der Waals surface area contributed by atoms with Crippen molar-refractivity contribution in [1.29, 1.82) is 0 Å². The van der Waals surface area contributed by atoms with E-state index in [4.69, 9.17) is 11.6 Å². The number of carbonyl (C=O) groups excluding carboxylic acids is 1. The van der Waals surface area contributed by atoms with Gasteiger partial charge in [0.1, 0.15) is 6.11 Å². The molecule has 0 aliphatic rings. The minimum atomic E-state index is -0.376. The molecule has 0 bridgehead atoms. The minimum Gasteiger partial charge on any atom is -0.372 e. The SMILES string of the molecule is CC#COC(=O)CCCl. The first-order chi connectivity index (χ1) is 4.31. The monoisotopic (exact) mass is 146 g/mol. The number of alkyl halides is 1. The molecule has 9 heavy (non-hydrogen) atoms. The van der Waals surface area contributed by atoms with Crippen molar-refractivity contribution in [3.63, 3.8) is 0 Å². The maximum Gasteiger partial charge on any atom is 0.320 e. The van der Waals surface area contributed by atoms with Crippen LogP contribution in [0.25, 0.3) is 0 Å². The molecule has 0 unspecified atom stereocenters. The van der Waals surface area contributed by atoms with Gasteiger partial charge >= 0.3 is 5.97 Å². The number of ether oxygens (including phenoxy) is 1. The third-order valence-corrected chi connectivity index (χ3v) is 0.755. The lowest BCUT2D eigenvalue weighted by atomic mass is 10.5. The summed E-state index contributed by atoms with van der Waals surface area (Å²) < 4.78 is 4.35. The molecule has 0 aliphatic carbocycles. The molecule has 0 N–H and O–H groups in total. The van der Waals surface area contributed by atoms with Crippen molar-refractivity contribution in [3.8, 4) is 12.0 Å². The van der Waals surface area contributed by atoms with Crippen LogP contribution in [0.4, 0.5) is 0 Å². The van der Waals surface area contributed by atoms with Gasteiger partial charge in [0.25, 0.3) is 0 Å². The van der Waals surface area contributed by atoms with E-state index >= 15 is 0 Å². The minimum absolute atomic E-state index is 0.218. The summed E-state index contributed by atoms with van der Waals surface area (Å²) in [6.45, 7) is 1.59. The van der Waals surface area contributed by atoms with E-state index in [0.717, 1.165) is 0 Å². The molecule has 0 heterocycles. The van der Waals surface area contributed by atoms with Crippen molar-refractivity contribution in [1.82, 2.24) is 0 Å². The van der Waals surface area contributed by atoms with Crippen LogP contribution in [0.2, 0.25) is 0 Å². The number of hydrogen-bond donors (Lipinski definition) is 0. The topological polar surface area (TPSA) is 26.3 Å². The normalized spacial score (nSPS) is 7.33. The average molecular weight is 147 g/mol. The summed E-state index contributed by atoms with van der Waals surface area (Å²) >= 11 is 5.23. The quantitative estimate of drug-likeness (QED) is 0.332. The van der Waals surface area contributed by atoms with E-state index in [9.17, 15) is 4.79 Å². The Morgan fingerprint density at radius 2 is 2.44 bits per heavy atom. The van der Waals surface area contributed by atoms with Gasteiger partial charge in [-0.1, -0.05) is 5.92 Å². The second kappa shape index (κ2) is 5.46. The number of hydrogen-bond acceptors (Lipinski definition) is 2. The first-order valence-electron chi connectivity index (χ1n) is 2.48. The van der Waals surface area contributed by atoms with E-state index in [0.29, 0.717) is 0 Å². The molecule has 0 saturated heterocycles. The highest BCUT2D eigenvalue weighted by Crippen LogP contribution is 1.86. The maximum absolute atomic E-state index is 10.4. The Morgan fingerprint density at radius 3 is 2.89 bits per heavy atom. The number of carbonyl (C=O) groups is 1. The zero-order chi connectivity index (χ0) is 7.11. The second-order valence-corrected chi connectivity index (χ2v) is 1.64. The lowest BCUT2D eigenvalue weighted by Crippen LogP contribution is -1.99. The fraction of sp³-hybridized carbons (Fsp3) is 0.500. The van der Waals surface area contributed by atoms with E-state index < -0.39 is 0 Å². The van der Waals surface area contributed by atoms with Gasteiger partial charge in [0.05, 0.1) is 6.42 Å². The average Bonchev–Trinajstić information content (AvgIpc) is 1.85. The van der Waals surface area contributed by atoms with Gasteiger partial charge in [-0.25, -0.2) is 0 Å². The van der Waals surface area contributed by atoms with Crippen LogP contribution in [-0.2, 0) is 9.53 Å². The Hall–Kier alpha value is -0.680. The third-order valence-electron chi connectivity index (χ3n) is 0.566. The summed E-state index contributed by atoms with van der Waals surface area (Å²) in [6.07, 6.45) is 2.39. The predicted octanol–water partition coefficient (Wildman–Crippen LogP) is 1.14. The van der Waals surface area contributed by atoms with Crippen LogP contribution in [0.15, 0.2) is 0 Å². The maximum atomic E-state index is 10.4. The van der Waals surface area contributed by atoms with Gasteiger partial charge in [0, 0.05) is 12.8 Å². The van der Waals surface area contributed by atoms with Crippen LogP contribution in [0.3, 0.4) is 0 Å². The molecule has 0 aromatic heterocycles. The molecule has 0 amide bonds. The summed E-state index contributed by atoms with van der Waals surface area (Å²) in [5.74, 6) is 2.33. The van der Waals surface area contributed by atoms with Crippen molar-refractivity contribution in [3.05, 3.63) is 0 Å². The molecule has 0 radical (unpaired) electrons. The van der Waals surface area contributed by atoms with E-state index in [2.05, 4.69) is 16.8 Å². The molecule has 3 heteroatoms. The lowest BCUT2D eigenvalue weighted by molar-refractivity contribution is -0.136. The van der Waals surface area contributed by atoms with Gasteiger partial charge in [-0.2, -0.15) is 0 Å². The molecular weight excluding hydrogens is 140 g/mol. The van der Waals surface area contributed by atoms with Crippen LogP contribution in [0.1, 0.15) is 13.3 Å². The molecule has 0 aromatic carbocycles. The first-order valence-corrected chi connectivity index (χ1v) is 3.02. The highest BCUT2D eigenvalue weighted by molar-refractivity contribution is 6.18. The number of halogens is 1. The molecule has 2 nitrogen and oxygen atoms in total. The molecular formula is C6H7ClO2. The molecule has 0 rings (SSSR count). The summed E-state index contributed by atoms with van der Waals surface area (Å²) in [7, 11) is 0. The Kier molecular flexibility index (Phi) is 5.04. The zero-order valence-electron chi connectivity index (χ0n) is 5.11. The molecule has 0 aromatic rings. The van der Waals surface area contributed by atoms with Crippen molar-refractivity contribution >= 4 is 17.6 Å². The summed E-state index contributed by atoms with van der Waals surface area (Å²) in [5.41, 5.74) is 0. The van der Waals surface area contributed by atoms with Gasteiger partial charge in [0.2, 0.25) is 0 Å². The van der Waals surface area contributed by atoms with Crippen LogP contribution in [-0.4, -0.2) is 11.8 Å². The van der Waals surface area contributed by atoms with Crippen LogP contribution in [0, 0.1) is 12.0 Å². The largest absolute Gasteiger partial charge is 0.372 e. The van der Waals surface area contributed by atoms with Gasteiger partial charge in [-0.15, -0.1) is 11.6 Å². The highest BCUT2D eigenvalue weighted by atomic mass is 35.5. The highest BCUT2D eigenvalue weighted by Gasteiger charge is 1.96. The Morgan fingerprint density at radius 1 is 1.78 bits per heavy atom. The van der Waals surface area contributed by atoms with Gasteiger partial charge in [-0.3, -0.25) is 4.79 Å². The zero-order valence-corrected chi connectivity index (χ0v) is 5.86. The smallest absolute Gasteiger partial charge is 0.320 e. The summed E-state index contributed by atoms with van der Waals surface area (Å²) in [6, 6.07) is 0. The van der Waals surface area contributed by atoms with Crippen molar-refractivity contribution in [2.24, 2.45) is 0 Å². The Bertz CT molecular complexity index is 143. The van der Waals surface area contributed by atoms with Gasteiger partial charge in [0.15, 0.2) is 0 Å². The number of rotatable bonds is 2. The third kappa shape index (κ3) is 5.19. The number of esters is 1. The van der Waals surface area contributed by atoms with Crippen LogP contribution >= 0.6 is 11.6 Å². The lowest BCUT2D eigenvalue weighted by Gasteiger charge is -1.88. The predicted molar refractivity (Wildman–Crippen MR) is 34.9 cm³/mol. The van der Waals surface area contributed by atoms with Gasteiger partial charge in [-0.05, 0) is 0 Å². The van der Waals surface area contributed by atoms with Gasteiger partial charge < -0.3 is 4.74 Å². The summed E-state index contributed by atoms with van der Waals surface area (Å²) in [5, 5.41) is 0. The fourth-order valence-electron chi connectivity index (χ4n) is 0.236.